The Morgan fingerprint density at radius 3 is 2.38 bits per heavy atom. The number of likely N-dealkylation sites (tertiary alicyclic amines) is 2. The molecule has 13 heavy (non-hydrogen) atoms. The van der Waals surface area contributed by atoms with Crippen LogP contribution in [0.3, 0.4) is 0 Å². The number of hydrogen-bond acceptors (Lipinski definition) is 2. The predicted molar refractivity (Wildman–Crippen MR) is 55.9 cm³/mol. The van der Waals surface area contributed by atoms with E-state index in [9.17, 15) is 0 Å². The zero-order valence-corrected chi connectivity index (χ0v) is 8.84. The second-order valence-electron chi connectivity index (χ2n) is 4.65. The van der Waals surface area contributed by atoms with E-state index in [1.165, 1.54) is 58.3 Å². The summed E-state index contributed by atoms with van der Waals surface area (Å²) in [5.41, 5.74) is 0. The number of likely N-dealkylation sites (N-methyl/N-ethyl adjacent to an activating group) is 1. The third kappa shape index (κ3) is 2.44. The minimum absolute atomic E-state index is 0.874. The third-order valence-corrected chi connectivity index (χ3v) is 3.51. The first-order valence-electron chi connectivity index (χ1n) is 5.79. The largest absolute Gasteiger partial charge is 0.305 e. The van der Waals surface area contributed by atoms with Crippen molar-refractivity contribution in [2.75, 3.05) is 33.2 Å². The van der Waals surface area contributed by atoms with Gasteiger partial charge in [0.25, 0.3) is 0 Å². The average molecular weight is 182 g/mol. The summed E-state index contributed by atoms with van der Waals surface area (Å²) in [6, 6.07) is 0.874. The Bertz CT molecular complexity index is 152. The molecule has 2 aliphatic heterocycles. The molecule has 76 valence electrons. The van der Waals surface area contributed by atoms with Crippen LogP contribution in [0, 0.1) is 0 Å². The van der Waals surface area contributed by atoms with Crippen molar-refractivity contribution < 1.29 is 0 Å². The van der Waals surface area contributed by atoms with E-state index < -0.39 is 0 Å². The first-order valence-corrected chi connectivity index (χ1v) is 5.79. The van der Waals surface area contributed by atoms with Crippen molar-refractivity contribution in [2.45, 2.75) is 38.1 Å². The fraction of sp³-hybridized carbons (Fsp3) is 1.00. The fourth-order valence-electron chi connectivity index (χ4n) is 2.72. The molecule has 0 radical (unpaired) electrons. The molecule has 2 rings (SSSR count). The quantitative estimate of drug-likeness (QED) is 0.607. The van der Waals surface area contributed by atoms with Gasteiger partial charge in [0.05, 0.1) is 0 Å². The lowest BCUT2D eigenvalue weighted by atomic mass is 10.0. The molecule has 0 aromatic rings. The van der Waals surface area contributed by atoms with Gasteiger partial charge in [-0.3, -0.25) is 4.90 Å². The number of hydrogen-bond donors (Lipinski definition) is 0. The molecule has 2 aliphatic rings. The molecular formula is C11H22N2. The highest BCUT2D eigenvalue weighted by atomic mass is 15.2. The number of nitrogens with zero attached hydrogens (tertiary/aromatic N) is 2. The first kappa shape index (κ1) is 9.47. The monoisotopic (exact) mass is 182 g/mol. The molecule has 0 spiro atoms. The lowest BCUT2D eigenvalue weighted by Crippen LogP contribution is -2.48. The maximum Gasteiger partial charge on any atom is 0.0223 e. The lowest BCUT2D eigenvalue weighted by Gasteiger charge is -2.39. The SMILES string of the molecule is CN1CCCC(N2CCCCC2)C1. The van der Waals surface area contributed by atoms with Gasteiger partial charge in [0, 0.05) is 12.6 Å². The standard InChI is InChI=1S/C11H22N2/c1-12-7-5-6-11(10-12)13-8-3-2-4-9-13/h11H,2-10H2,1H3. The molecule has 2 nitrogen and oxygen atoms in total. The van der Waals surface area contributed by atoms with Crippen LogP contribution in [-0.2, 0) is 0 Å². The summed E-state index contributed by atoms with van der Waals surface area (Å²) >= 11 is 0. The molecule has 1 atom stereocenters. The van der Waals surface area contributed by atoms with Crippen LogP contribution in [0.2, 0.25) is 0 Å². The zero-order valence-electron chi connectivity index (χ0n) is 8.84. The Hall–Kier alpha value is -0.0800. The molecule has 0 amide bonds. The summed E-state index contributed by atoms with van der Waals surface area (Å²) in [5.74, 6) is 0. The second-order valence-corrected chi connectivity index (χ2v) is 4.65. The van der Waals surface area contributed by atoms with Gasteiger partial charge in [-0.2, -0.15) is 0 Å². The molecule has 1 unspecified atom stereocenters. The van der Waals surface area contributed by atoms with E-state index in [0.29, 0.717) is 0 Å². The molecule has 2 fully saturated rings. The van der Waals surface area contributed by atoms with E-state index in [2.05, 4.69) is 16.8 Å². The van der Waals surface area contributed by atoms with Gasteiger partial charge < -0.3 is 4.90 Å². The topological polar surface area (TPSA) is 6.48 Å². The van der Waals surface area contributed by atoms with Crippen LogP contribution in [-0.4, -0.2) is 49.1 Å². The van der Waals surface area contributed by atoms with Crippen molar-refractivity contribution in [1.29, 1.82) is 0 Å². The molecule has 0 aliphatic carbocycles. The minimum atomic E-state index is 0.874. The first-order chi connectivity index (χ1) is 6.36. The maximum absolute atomic E-state index is 2.72. The summed E-state index contributed by atoms with van der Waals surface area (Å²) in [6.07, 6.45) is 7.15. The molecule has 0 aromatic carbocycles. The molecule has 0 N–H and O–H groups in total. The van der Waals surface area contributed by atoms with Crippen molar-refractivity contribution >= 4 is 0 Å². The summed E-state index contributed by atoms with van der Waals surface area (Å²) in [5, 5.41) is 0. The molecule has 0 saturated carbocycles. The molecule has 0 aromatic heterocycles. The van der Waals surface area contributed by atoms with Crippen molar-refractivity contribution in [3.8, 4) is 0 Å². The highest BCUT2D eigenvalue weighted by molar-refractivity contribution is 4.80. The fourth-order valence-corrected chi connectivity index (χ4v) is 2.72. The van der Waals surface area contributed by atoms with Crippen LogP contribution in [0.1, 0.15) is 32.1 Å². The van der Waals surface area contributed by atoms with Gasteiger partial charge in [0.1, 0.15) is 0 Å². The van der Waals surface area contributed by atoms with Crippen LogP contribution in [0.4, 0.5) is 0 Å². The Kier molecular flexibility index (Phi) is 3.23. The van der Waals surface area contributed by atoms with E-state index in [4.69, 9.17) is 0 Å². The Balaban J connectivity index is 1.83. The van der Waals surface area contributed by atoms with Gasteiger partial charge in [-0.1, -0.05) is 6.42 Å². The summed E-state index contributed by atoms with van der Waals surface area (Å²) < 4.78 is 0. The molecule has 0 bridgehead atoms. The van der Waals surface area contributed by atoms with E-state index in [-0.39, 0.29) is 0 Å². The number of rotatable bonds is 1. The van der Waals surface area contributed by atoms with Crippen LogP contribution >= 0.6 is 0 Å². The van der Waals surface area contributed by atoms with E-state index in [0.717, 1.165) is 6.04 Å². The number of piperidine rings is 2. The van der Waals surface area contributed by atoms with Crippen LogP contribution in [0.25, 0.3) is 0 Å². The normalized spacial score (nSPS) is 33.5. The van der Waals surface area contributed by atoms with Gasteiger partial charge >= 0.3 is 0 Å². The average Bonchev–Trinajstić information content (AvgIpc) is 2.19. The second kappa shape index (κ2) is 4.43. The zero-order chi connectivity index (χ0) is 9.10. The van der Waals surface area contributed by atoms with Gasteiger partial charge in [-0.25, -0.2) is 0 Å². The van der Waals surface area contributed by atoms with Crippen LogP contribution < -0.4 is 0 Å². The summed E-state index contributed by atoms with van der Waals surface area (Å²) in [4.78, 5) is 5.21. The van der Waals surface area contributed by atoms with Crippen LogP contribution in [0.15, 0.2) is 0 Å². The van der Waals surface area contributed by atoms with Crippen LogP contribution in [0.5, 0.6) is 0 Å². The highest BCUT2D eigenvalue weighted by Crippen LogP contribution is 2.19. The van der Waals surface area contributed by atoms with Crippen molar-refractivity contribution in [3.63, 3.8) is 0 Å². The molecule has 2 heterocycles. The molecule has 2 heteroatoms. The van der Waals surface area contributed by atoms with E-state index in [1.807, 2.05) is 0 Å². The van der Waals surface area contributed by atoms with Gasteiger partial charge in [-0.05, 0) is 52.4 Å². The highest BCUT2D eigenvalue weighted by Gasteiger charge is 2.24. The maximum atomic E-state index is 2.72. The van der Waals surface area contributed by atoms with Crippen molar-refractivity contribution in [2.24, 2.45) is 0 Å². The smallest absolute Gasteiger partial charge is 0.0223 e. The third-order valence-electron chi connectivity index (χ3n) is 3.51. The van der Waals surface area contributed by atoms with E-state index >= 15 is 0 Å². The Labute approximate surface area is 81.9 Å². The summed E-state index contributed by atoms with van der Waals surface area (Å²) in [7, 11) is 2.26. The predicted octanol–water partition coefficient (Wildman–Crippen LogP) is 1.57. The minimum Gasteiger partial charge on any atom is -0.305 e. The summed E-state index contributed by atoms with van der Waals surface area (Å²) in [6.45, 7) is 5.33. The van der Waals surface area contributed by atoms with Crippen molar-refractivity contribution in [3.05, 3.63) is 0 Å². The van der Waals surface area contributed by atoms with Gasteiger partial charge in [-0.15, -0.1) is 0 Å². The molecular weight excluding hydrogens is 160 g/mol. The van der Waals surface area contributed by atoms with E-state index in [1.54, 1.807) is 0 Å². The van der Waals surface area contributed by atoms with Gasteiger partial charge in [0.2, 0.25) is 0 Å². The van der Waals surface area contributed by atoms with Crippen molar-refractivity contribution in [1.82, 2.24) is 9.80 Å². The Morgan fingerprint density at radius 2 is 1.69 bits per heavy atom. The van der Waals surface area contributed by atoms with Gasteiger partial charge in [0.15, 0.2) is 0 Å². The molecule has 2 saturated heterocycles. The Morgan fingerprint density at radius 1 is 0.923 bits per heavy atom. The lowest BCUT2D eigenvalue weighted by molar-refractivity contribution is 0.0949.